The maximum Gasteiger partial charge on any atom is 0.230 e. The van der Waals surface area contributed by atoms with Crippen molar-refractivity contribution in [3.8, 4) is 0 Å². The minimum absolute atomic E-state index is 0.444. The van der Waals surface area contributed by atoms with Crippen LogP contribution in [-0.2, 0) is 9.47 Å². The normalized spacial score (nSPS) is 41.6. The van der Waals surface area contributed by atoms with Gasteiger partial charge in [0, 0.05) is 18.3 Å². The molecule has 0 aromatic carbocycles. The fourth-order valence-corrected chi connectivity index (χ4v) is 2.00. The molecule has 2 heteroatoms. The van der Waals surface area contributed by atoms with E-state index in [9.17, 15) is 0 Å². The second-order valence-corrected chi connectivity index (χ2v) is 2.98. The lowest BCUT2D eigenvalue weighted by atomic mass is 10.1. The summed E-state index contributed by atoms with van der Waals surface area (Å²) in [5.41, 5.74) is 0. The van der Waals surface area contributed by atoms with Crippen LogP contribution in [0.15, 0.2) is 11.5 Å². The molecule has 1 saturated carbocycles. The molecule has 2 bridgehead atoms. The Balaban J connectivity index is 2.06. The molecule has 1 heterocycles. The van der Waals surface area contributed by atoms with Crippen LogP contribution < -0.4 is 0 Å². The summed E-state index contributed by atoms with van der Waals surface area (Å²) in [6.07, 6.45) is 5.84. The third-order valence-electron chi connectivity index (χ3n) is 2.45. The van der Waals surface area contributed by atoms with Crippen molar-refractivity contribution in [3.63, 3.8) is 0 Å². The van der Waals surface area contributed by atoms with Crippen molar-refractivity contribution in [2.24, 2.45) is 11.8 Å². The van der Waals surface area contributed by atoms with E-state index in [0.29, 0.717) is 18.6 Å². The fraction of sp³-hybridized carbons (Fsp3) is 0.625. The zero-order chi connectivity index (χ0) is 6.55. The standard InChI is InChI=1S/C8H8O2/c1-2-6-3-5(1)7-8(6)10-4-9-7/h5-6H,1-2,4H2. The molecule has 0 saturated heterocycles. The Morgan fingerprint density at radius 2 is 1.70 bits per heavy atom. The van der Waals surface area contributed by atoms with E-state index in [1.165, 1.54) is 12.8 Å². The molecule has 52 valence electrons. The highest BCUT2D eigenvalue weighted by molar-refractivity contribution is 5.29. The first kappa shape index (κ1) is 5.05. The first-order chi connectivity index (χ1) is 4.95. The van der Waals surface area contributed by atoms with Crippen molar-refractivity contribution in [2.45, 2.75) is 12.8 Å². The Labute approximate surface area is 59.8 Å². The minimum atomic E-state index is 0.444. The van der Waals surface area contributed by atoms with Gasteiger partial charge in [-0.3, -0.25) is 0 Å². The number of fused-ring (bicyclic) bond motifs is 4. The van der Waals surface area contributed by atoms with Crippen LogP contribution in [0.5, 0.6) is 0 Å². The first-order valence-electron chi connectivity index (χ1n) is 3.71. The zero-order valence-corrected chi connectivity index (χ0v) is 5.59. The molecule has 2 atom stereocenters. The summed E-state index contributed by atoms with van der Waals surface area (Å²) < 4.78 is 10.6. The van der Waals surface area contributed by atoms with Gasteiger partial charge in [0.2, 0.25) is 6.79 Å². The predicted octanol–water partition coefficient (Wildman–Crippen LogP) is 1.32. The quantitative estimate of drug-likeness (QED) is 0.500. The van der Waals surface area contributed by atoms with E-state index in [1.807, 2.05) is 0 Å². The van der Waals surface area contributed by atoms with Crippen LogP contribution in [0.4, 0.5) is 0 Å². The van der Waals surface area contributed by atoms with Gasteiger partial charge in [0.1, 0.15) is 11.5 Å². The highest BCUT2D eigenvalue weighted by atomic mass is 16.7. The van der Waals surface area contributed by atoms with E-state index >= 15 is 0 Å². The third kappa shape index (κ3) is 0.425. The molecule has 2 radical (unpaired) electrons. The van der Waals surface area contributed by atoms with Crippen LogP contribution in [0.25, 0.3) is 0 Å². The Bertz CT molecular complexity index is 187. The summed E-state index contributed by atoms with van der Waals surface area (Å²) >= 11 is 0. The second kappa shape index (κ2) is 1.49. The molecule has 1 fully saturated rings. The maximum absolute atomic E-state index is 5.31. The van der Waals surface area contributed by atoms with E-state index in [1.54, 1.807) is 0 Å². The Hall–Kier alpha value is -0.660. The fourth-order valence-electron chi connectivity index (χ4n) is 2.00. The predicted molar refractivity (Wildman–Crippen MR) is 33.5 cm³/mol. The molecule has 10 heavy (non-hydrogen) atoms. The van der Waals surface area contributed by atoms with Crippen LogP contribution in [0.3, 0.4) is 0 Å². The topological polar surface area (TPSA) is 18.5 Å². The van der Waals surface area contributed by atoms with E-state index in [0.717, 1.165) is 11.5 Å². The molecule has 0 spiro atoms. The lowest BCUT2D eigenvalue weighted by Gasteiger charge is -2.07. The van der Waals surface area contributed by atoms with Crippen LogP contribution in [0.2, 0.25) is 0 Å². The van der Waals surface area contributed by atoms with Crippen molar-refractivity contribution in [2.75, 3.05) is 6.79 Å². The van der Waals surface area contributed by atoms with Gasteiger partial charge in [-0.05, 0) is 12.8 Å². The maximum atomic E-state index is 5.31. The van der Waals surface area contributed by atoms with Gasteiger partial charge in [0.15, 0.2) is 0 Å². The molecule has 0 amide bonds. The van der Waals surface area contributed by atoms with Crippen LogP contribution in [0.1, 0.15) is 12.8 Å². The lowest BCUT2D eigenvalue weighted by molar-refractivity contribution is 0.0568. The molecule has 0 aromatic heterocycles. The summed E-state index contributed by atoms with van der Waals surface area (Å²) in [6, 6.07) is 0. The van der Waals surface area contributed by atoms with Crippen LogP contribution >= 0.6 is 0 Å². The summed E-state index contributed by atoms with van der Waals surface area (Å²) in [4.78, 5) is 0. The molecule has 3 rings (SSSR count). The summed E-state index contributed by atoms with van der Waals surface area (Å²) in [5.74, 6) is 3.11. The molecule has 2 aliphatic carbocycles. The Kier molecular flexibility index (Phi) is 0.755. The average Bonchev–Trinajstić information content (AvgIpc) is 2.60. The van der Waals surface area contributed by atoms with Gasteiger partial charge in [-0.1, -0.05) is 0 Å². The minimum Gasteiger partial charge on any atom is -0.458 e. The van der Waals surface area contributed by atoms with Gasteiger partial charge in [-0.2, -0.15) is 0 Å². The van der Waals surface area contributed by atoms with Crippen molar-refractivity contribution in [1.82, 2.24) is 0 Å². The number of ether oxygens (including phenoxy) is 2. The molecule has 2 unspecified atom stereocenters. The molecule has 3 aliphatic rings. The molecule has 1 aliphatic heterocycles. The van der Waals surface area contributed by atoms with Crippen molar-refractivity contribution in [1.29, 1.82) is 0 Å². The number of hydrogen-bond acceptors (Lipinski definition) is 2. The summed E-state index contributed by atoms with van der Waals surface area (Å²) in [5, 5.41) is 0. The number of rotatable bonds is 0. The molecule has 0 aromatic rings. The second-order valence-electron chi connectivity index (χ2n) is 2.98. The highest BCUT2D eigenvalue weighted by Gasteiger charge is 2.45. The van der Waals surface area contributed by atoms with Gasteiger partial charge in [0.05, 0.1) is 0 Å². The SMILES string of the molecule is [C]1C2CCC1C1=C2OCO1. The monoisotopic (exact) mass is 136 g/mol. The number of allylic oxidation sites excluding steroid dienone is 2. The average molecular weight is 136 g/mol. The van der Waals surface area contributed by atoms with Gasteiger partial charge >= 0.3 is 0 Å². The van der Waals surface area contributed by atoms with Crippen molar-refractivity contribution in [3.05, 3.63) is 17.9 Å². The number of hydrogen-bond donors (Lipinski definition) is 0. The van der Waals surface area contributed by atoms with Crippen molar-refractivity contribution >= 4 is 0 Å². The van der Waals surface area contributed by atoms with Crippen molar-refractivity contribution < 1.29 is 9.47 Å². The smallest absolute Gasteiger partial charge is 0.230 e. The van der Waals surface area contributed by atoms with E-state index in [-0.39, 0.29) is 0 Å². The van der Waals surface area contributed by atoms with Crippen LogP contribution in [-0.4, -0.2) is 6.79 Å². The van der Waals surface area contributed by atoms with Gasteiger partial charge in [-0.25, -0.2) is 0 Å². The van der Waals surface area contributed by atoms with E-state index < -0.39 is 0 Å². The largest absolute Gasteiger partial charge is 0.458 e. The van der Waals surface area contributed by atoms with E-state index in [4.69, 9.17) is 9.47 Å². The van der Waals surface area contributed by atoms with Gasteiger partial charge in [-0.15, -0.1) is 0 Å². The summed E-state index contributed by atoms with van der Waals surface area (Å²) in [7, 11) is 0. The summed E-state index contributed by atoms with van der Waals surface area (Å²) in [6.45, 7) is 0.444. The Morgan fingerprint density at radius 3 is 2.30 bits per heavy atom. The molecule has 0 N–H and O–H groups in total. The molecular weight excluding hydrogens is 128 g/mol. The first-order valence-corrected chi connectivity index (χ1v) is 3.71. The molecule has 2 nitrogen and oxygen atoms in total. The highest BCUT2D eigenvalue weighted by Crippen LogP contribution is 2.50. The molecular formula is C8H8O2. The van der Waals surface area contributed by atoms with Gasteiger partial charge < -0.3 is 9.47 Å². The Morgan fingerprint density at radius 1 is 1.10 bits per heavy atom. The van der Waals surface area contributed by atoms with Gasteiger partial charge in [0.25, 0.3) is 0 Å². The lowest BCUT2D eigenvalue weighted by Crippen LogP contribution is -1.98. The van der Waals surface area contributed by atoms with E-state index in [2.05, 4.69) is 6.42 Å². The third-order valence-corrected chi connectivity index (χ3v) is 2.45. The van der Waals surface area contributed by atoms with Crippen LogP contribution in [0, 0.1) is 18.3 Å². The zero-order valence-electron chi connectivity index (χ0n) is 5.59.